The summed E-state index contributed by atoms with van der Waals surface area (Å²) in [4.78, 5) is 11.9. The van der Waals surface area contributed by atoms with Crippen LogP contribution >= 0.6 is 12.4 Å². The van der Waals surface area contributed by atoms with E-state index in [1.807, 2.05) is 26.0 Å². The van der Waals surface area contributed by atoms with Crippen LogP contribution < -0.4 is 11.1 Å². The predicted octanol–water partition coefficient (Wildman–Crippen LogP) is 1.68. The molecule has 0 spiro atoms. The number of rotatable bonds is 3. The topological polar surface area (TPSA) is 55.1 Å². The number of carbonyl (C=O) groups is 1. The fourth-order valence-electron chi connectivity index (χ4n) is 2.26. The highest BCUT2D eigenvalue weighted by Crippen LogP contribution is 2.21. The molecule has 1 amide bonds. The summed E-state index contributed by atoms with van der Waals surface area (Å²) in [7, 11) is 0. The molecule has 4 heteroatoms. The third-order valence-corrected chi connectivity index (χ3v) is 3.42. The Morgan fingerprint density at radius 1 is 1.28 bits per heavy atom. The molecule has 0 aliphatic heterocycles. The second kappa shape index (κ2) is 6.21. The van der Waals surface area contributed by atoms with Gasteiger partial charge in [0.2, 0.25) is 5.91 Å². The van der Waals surface area contributed by atoms with E-state index in [2.05, 4.69) is 17.4 Å². The minimum atomic E-state index is -0.404. The number of benzene rings is 1. The lowest BCUT2D eigenvalue weighted by Crippen LogP contribution is -2.48. The van der Waals surface area contributed by atoms with Crippen molar-refractivity contribution in [1.82, 2.24) is 5.32 Å². The van der Waals surface area contributed by atoms with E-state index in [0.717, 1.165) is 12.8 Å². The number of nitrogens with two attached hydrogens (primary N) is 1. The highest BCUT2D eigenvalue weighted by molar-refractivity contribution is 5.85. The van der Waals surface area contributed by atoms with Crippen molar-refractivity contribution in [2.75, 3.05) is 0 Å². The lowest BCUT2D eigenvalue weighted by atomic mass is 10.0. The summed E-state index contributed by atoms with van der Waals surface area (Å²) in [6.07, 6.45) is 1.85. The molecule has 0 radical (unpaired) electrons. The van der Waals surface area contributed by atoms with Gasteiger partial charge in [0.25, 0.3) is 0 Å². The number of hydrogen-bond donors (Lipinski definition) is 2. The van der Waals surface area contributed by atoms with E-state index in [9.17, 15) is 4.79 Å². The molecule has 0 aromatic heterocycles. The summed E-state index contributed by atoms with van der Waals surface area (Å²) in [6.45, 7) is 3.93. The van der Waals surface area contributed by atoms with Crippen LogP contribution in [-0.2, 0) is 17.6 Å². The summed E-state index contributed by atoms with van der Waals surface area (Å²) in [5.41, 5.74) is 8.52. The Bertz CT molecular complexity index is 395. The molecule has 1 unspecified atom stereocenters. The van der Waals surface area contributed by atoms with Crippen molar-refractivity contribution < 1.29 is 4.79 Å². The molecule has 18 heavy (non-hydrogen) atoms. The number of carbonyl (C=O) groups excluding carboxylic acids is 1. The smallest absolute Gasteiger partial charge is 0.237 e. The maximum atomic E-state index is 11.9. The van der Waals surface area contributed by atoms with Gasteiger partial charge in [-0.25, -0.2) is 0 Å². The molecule has 100 valence electrons. The van der Waals surface area contributed by atoms with Crippen molar-refractivity contribution in [3.05, 3.63) is 35.4 Å². The maximum Gasteiger partial charge on any atom is 0.237 e. The first kappa shape index (κ1) is 15.0. The van der Waals surface area contributed by atoms with Crippen molar-refractivity contribution >= 4 is 18.3 Å². The number of fused-ring (bicyclic) bond motifs is 1. The SMILES string of the molecule is CC(C)C(N)C(=O)NC1Cc2ccccc2C1.Cl. The van der Waals surface area contributed by atoms with Crippen LogP contribution in [-0.4, -0.2) is 18.0 Å². The Morgan fingerprint density at radius 2 is 1.78 bits per heavy atom. The monoisotopic (exact) mass is 268 g/mol. The largest absolute Gasteiger partial charge is 0.351 e. The van der Waals surface area contributed by atoms with Crippen molar-refractivity contribution in [3.8, 4) is 0 Å². The van der Waals surface area contributed by atoms with E-state index in [4.69, 9.17) is 5.73 Å². The molecule has 2 rings (SSSR count). The van der Waals surface area contributed by atoms with Gasteiger partial charge in [-0.15, -0.1) is 12.4 Å². The van der Waals surface area contributed by atoms with E-state index in [1.165, 1.54) is 11.1 Å². The number of nitrogens with one attached hydrogen (secondary N) is 1. The molecule has 1 aromatic carbocycles. The number of halogens is 1. The summed E-state index contributed by atoms with van der Waals surface area (Å²) in [6, 6.07) is 8.16. The highest BCUT2D eigenvalue weighted by Gasteiger charge is 2.25. The van der Waals surface area contributed by atoms with E-state index in [0.29, 0.717) is 0 Å². The Kier molecular flexibility index (Phi) is 5.17. The Hall–Kier alpha value is -1.06. The summed E-state index contributed by atoms with van der Waals surface area (Å²) in [5.74, 6) is 0.150. The van der Waals surface area contributed by atoms with Crippen molar-refractivity contribution in [3.63, 3.8) is 0 Å². The number of hydrogen-bond acceptors (Lipinski definition) is 2. The molecular weight excluding hydrogens is 248 g/mol. The fraction of sp³-hybridized carbons (Fsp3) is 0.500. The van der Waals surface area contributed by atoms with Crippen molar-refractivity contribution in [1.29, 1.82) is 0 Å². The lowest BCUT2D eigenvalue weighted by molar-refractivity contribution is -0.123. The zero-order valence-corrected chi connectivity index (χ0v) is 11.7. The van der Waals surface area contributed by atoms with Crippen LogP contribution in [0.3, 0.4) is 0 Å². The molecule has 0 fully saturated rings. The van der Waals surface area contributed by atoms with Gasteiger partial charge in [0.15, 0.2) is 0 Å². The van der Waals surface area contributed by atoms with Gasteiger partial charge in [0, 0.05) is 6.04 Å². The van der Waals surface area contributed by atoms with Gasteiger partial charge in [0.1, 0.15) is 0 Å². The van der Waals surface area contributed by atoms with Gasteiger partial charge < -0.3 is 11.1 Å². The molecular formula is C14H21ClN2O. The van der Waals surface area contributed by atoms with E-state index in [1.54, 1.807) is 0 Å². The van der Waals surface area contributed by atoms with Crippen molar-refractivity contribution in [2.45, 2.75) is 38.8 Å². The second-order valence-electron chi connectivity index (χ2n) is 5.15. The normalized spacial score (nSPS) is 16.0. The minimum absolute atomic E-state index is 0. The molecule has 0 saturated heterocycles. The van der Waals surface area contributed by atoms with Gasteiger partial charge in [-0.05, 0) is 29.9 Å². The maximum absolute atomic E-state index is 11.9. The van der Waals surface area contributed by atoms with Gasteiger partial charge in [-0.1, -0.05) is 38.1 Å². The first-order chi connectivity index (χ1) is 8.08. The van der Waals surface area contributed by atoms with Crippen LogP contribution in [0, 0.1) is 5.92 Å². The molecule has 0 bridgehead atoms. The zero-order chi connectivity index (χ0) is 12.4. The zero-order valence-electron chi connectivity index (χ0n) is 10.8. The Balaban J connectivity index is 0.00000162. The third-order valence-electron chi connectivity index (χ3n) is 3.42. The summed E-state index contributed by atoms with van der Waals surface area (Å²) < 4.78 is 0. The summed E-state index contributed by atoms with van der Waals surface area (Å²) in [5, 5.41) is 3.04. The molecule has 3 N–H and O–H groups in total. The van der Waals surface area contributed by atoms with E-state index < -0.39 is 6.04 Å². The van der Waals surface area contributed by atoms with Crippen LogP contribution in [0.1, 0.15) is 25.0 Å². The molecule has 0 saturated carbocycles. The standard InChI is InChI=1S/C14H20N2O.ClH/c1-9(2)13(15)14(17)16-12-7-10-5-3-4-6-11(10)8-12;/h3-6,9,12-13H,7-8,15H2,1-2H3,(H,16,17);1H. The van der Waals surface area contributed by atoms with E-state index >= 15 is 0 Å². The molecule has 0 heterocycles. The molecule has 3 nitrogen and oxygen atoms in total. The summed E-state index contributed by atoms with van der Waals surface area (Å²) >= 11 is 0. The average Bonchev–Trinajstić information content (AvgIpc) is 2.69. The van der Waals surface area contributed by atoms with E-state index in [-0.39, 0.29) is 30.3 Å². The molecule has 1 aliphatic carbocycles. The molecule has 1 atom stereocenters. The first-order valence-corrected chi connectivity index (χ1v) is 6.20. The van der Waals surface area contributed by atoms with Gasteiger partial charge in [-0.2, -0.15) is 0 Å². The predicted molar refractivity (Wildman–Crippen MR) is 75.8 cm³/mol. The Labute approximate surface area is 115 Å². The van der Waals surface area contributed by atoms with Gasteiger partial charge in [-0.3, -0.25) is 4.79 Å². The second-order valence-corrected chi connectivity index (χ2v) is 5.15. The first-order valence-electron chi connectivity index (χ1n) is 6.20. The minimum Gasteiger partial charge on any atom is -0.351 e. The molecule has 1 aliphatic rings. The third kappa shape index (κ3) is 3.24. The van der Waals surface area contributed by atoms with Crippen LogP contribution in [0.15, 0.2) is 24.3 Å². The highest BCUT2D eigenvalue weighted by atomic mass is 35.5. The number of amides is 1. The van der Waals surface area contributed by atoms with Crippen molar-refractivity contribution in [2.24, 2.45) is 11.7 Å². The van der Waals surface area contributed by atoms with Crippen LogP contribution in [0.25, 0.3) is 0 Å². The Morgan fingerprint density at radius 3 is 2.22 bits per heavy atom. The van der Waals surface area contributed by atoms with Crippen LogP contribution in [0.2, 0.25) is 0 Å². The van der Waals surface area contributed by atoms with Gasteiger partial charge in [0.05, 0.1) is 6.04 Å². The quantitative estimate of drug-likeness (QED) is 0.876. The fourth-order valence-corrected chi connectivity index (χ4v) is 2.26. The van der Waals surface area contributed by atoms with Crippen LogP contribution in [0.5, 0.6) is 0 Å². The lowest BCUT2D eigenvalue weighted by Gasteiger charge is -2.18. The average molecular weight is 269 g/mol. The van der Waals surface area contributed by atoms with Gasteiger partial charge >= 0.3 is 0 Å². The van der Waals surface area contributed by atoms with Crippen LogP contribution in [0.4, 0.5) is 0 Å². The molecule has 1 aromatic rings.